The molecule has 2 aliphatic rings. The van der Waals surface area contributed by atoms with E-state index in [0.717, 1.165) is 18.9 Å². The molecule has 82 valence electrons. The summed E-state index contributed by atoms with van der Waals surface area (Å²) < 4.78 is 5.60. The Labute approximate surface area is 91.0 Å². The van der Waals surface area contributed by atoms with Gasteiger partial charge in [0.25, 0.3) is 0 Å². The summed E-state index contributed by atoms with van der Waals surface area (Å²) in [6, 6.07) is 2.19. The van der Waals surface area contributed by atoms with Crippen molar-refractivity contribution in [2.75, 3.05) is 6.54 Å². The van der Waals surface area contributed by atoms with Crippen molar-refractivity contribution >= 4 is 0 Å². The quantitative estimate of drug-likeness (QED) is 0.762. The molecular formula is C13H19NO. The first-order chi connectivity index (χ1) is 7.37. The van der Waals surface area contributed by atoms with Crippen molar-refractivity contribution in [1.29, 1.82) is 0 Å². The molecule has 15 heavy (non-hydrogen) atoms. The van der Waals surface area contributed by atoms with Gasteiger partial charge >= 0.3 is 0 Å². The Balaban J connectivity index is 2.06. The van der Waals surface area contributed by atoms with Gasteiger partial charge in [-0.05, 0) is 24.8 Å². The molecule has 0 radical (unpaired) electrons. The molecule has 0 aromatic carbocycles. The molecule has 1 aromatic heterocycles. The minimum atomic E-state index is 0.259. The molecule has 1 fully saturated rings. The van der Waals surface area contributed by atoms with E-state index in [2.05, 4.69) is 18.3 Å². The average molecular weight is 205 g/mol. The molecule has 1 saturated carbocycles. The van der Waals surface area contributed by atoms with Crippen LogP contribution < -0.4 is 5.32 Å². The zero-order valence-electron chi connectivity index (χ0n) is 9.38. The molecule has 0 saturated heterocycles. The van der Waals surface area contributed by atoms with Gasteiger partial charge in [-0.2, -0.15) is 0 Å². The van der Waals surface area contributed by atoms with Crippen molar-refractivity contribution < 1.29 is 4.42 Å². The van der Waals surface area contributed by atoms with Crippen LogP contribution in [0.1, 0.15) is 43.9 Å². The summed E-state index contributed by atoms with van der Waals surface area (Å²) in [4.78, 5) is 0. The summed E-state index contributed by atoms with van der Waals surface area (Å²) in [5, 5.41) is 3.78. The van der Waals surface area contributed by atoms with Gasteiger partial charge in [0.15, 0.2) is 0 Å². The molecule has 2 unspecified atom stereocenters. The smallest absolute Gasteiger partial charge is 0.110 e. The van der Waals surface area contributed by atoms with Gasteiger partial charge in [0, 0.05) is 24.1 Å². The van der Waals surface area contributed by atoms with Crippen LogP contribution in [-0.2, 0) is 12.0 Å². The van der Waals surface area contributed by atoms with Crippen LogP contribution in [0.2, 0.25) is 0 Å². The second kappa shape index (κ2) is 3.38. The Bertz CT molecular complexity index is 357. The van der Waals surface area contributed by atoms with Crippen molar-refractivity contribution in [2.24, 2.45) is 5.92 Å². The van der Waals surface area contributed by atoms with Crippen molar-refractivity contribution in [1.82, 2.24) is 5.32 Å². The predicted molar refractivity (Wildman–Crippen MR) is 59.7 cm³/mol. The highest BCUT2D eigenvalue weighted by Gasteiger charge is 2.46. The Morgan fingerprint density at radius 2 is 2.53 bits per heavy atom. The van der Waals surface area contributed by atoms with Crippen molar-refractivity contribution in [3.05, 3.63) is 23.7 Å². The number of hydrogen-bond acceptors (Lipinski definition) is 2. The molecule has 1 aliphatic heterocycles. The van der Waals surface area contributed by atoms with Crippen LogP contribution in [0.3, 0.4) is 0 Å². The van der Waals surface area contributed by atoms with Crippen LogP contribution in [0.25, 0.3) is 0 Å². The van der Waals surface area contributed by atoms with Crippen molar-refractivity contribution in [3.63, 3.8) is 0 Å². The lowest BCUT2D eigenvalue weighted by Crippen LogP contribution is -2.49. The molecule has 0 bridgehead atoms. The zero-order valence-corrected chi connectivity index (χ0v) is 9.38. The topological polar surface area (TPSA) is 25.2 Å². The van der Waals surface area contributed by atoms with E-state index in [-0.39, 0.29) is 5.54 Å². The summed E-state index contributed by atoms with van der Waals surface area (Å²) in [6.45, 7) is 3.39. The minimum absolute atomic E-state index is 0.259. The lowest BCUT2D eigenvalue weighted by molar-refractivity contribution is 0.220. The van der Waals surface area contributed by atoms with Gasteiger partial charge in [0.2, 0.25) is 0 Å². The van der Waals surface area contributed by atoms with Gasteiger partial charge in [-0.25, -0.2) is 0 Å². The van der Waals surface area contributed by atoms with Crippen LogP contribution >= 0.6 is 0 Å². The maximum absolute atomic E-state index is 5.60. The molecule has 2 heteroatoms. The van der Waals surface area contributed by atoms with E-state index in [0.29, 0.717) is 0 Å². The average Bonchev–Trinajstić information content (AvgIpc) is 2.85. The maximum atomic E-state index is 5.60. The number of furan rings is 1. The lowest BCUT2D eigenvalue weighted by atomic mass is 9.77. The molecule has 1 aliphatic carbocycles. The van der Waals surface area contributed by atoms with Crippen LogP contribution in [0.15, 0.2) is 16.7 Å². The third-order valence-electron chi connectivity index (χ3n) is 4.33. The standard InChI is InChI=1S/C13H19NO/c1-2-10-4-3-7-13(10)11-6-9-15-12(11)5-8-14-13/h6,9-10,14H,2-5,7-8H2,1H3. The molecule has 2 heterocycles. The first-order valence-corrected chi connectivity index (χ1v) is 6.18. The molecule has 1 aromatic rings. The molecule has 2 atom stereocenters. The van der Waals surface area contributed by atoms with Gasteiger partial charge in [0.05, 0.1) is 6.26 Å². The fraction of sp³-hybridized carbons (Fsp3) is 0.692. The largest absolute Gasteiger partial charge is 0.469 e. The summed E-state index contributed by atoms with van der Waals surface area (Å²) in [5.74, 6) is 2.03. The normalized spacial score (nSPS) is 34.6. The predicted octanol–water partition coefficient (Wildman–Crippen LogP) is 2.83. The third-order valence-corrected chi connectivity index (χ3v) is 4.33. The van der Waals surface area contributed by atoms with Crippen LogP contribution in [0.4, 0.5) is 0 Å². The van der Waals surface area contributed by atoms with Crippen LogP contribution in [0.5, 0.6) is 0 Å². The Morgan fingerprint density at radius 1 is 1.60 bits per heavy atom. The Morgan fingerprint density at radius 3 is 3.40 bits per heavy atom. The lowest BCUT2D eigenvalue weighted by Gasteiger charge is -2.39. The highest BCUT2D eigenvalue weighted by molar-refractivity contribution is 5.32. The van der Waals surface area contributed by atoms with E-state index in [1.54, 1.807) is 0 Å². The number of rotatable bonds is 1. The molecule has 0 amide bonds. The number of fused-ring (bicyclic) bond motifs is 2. The van der Waals surface area contributed by atoms with Crippen LogP contribution in [0, 0.1) is 5.92 Å². The fourth-order valence-electron chi connectivity index (χ4n) is 3.64. The van der Waals surface area contributed by atoms with E-state index in [4.69, 9.17) is 4.42 Å². The van der Waals surface area contributed by atoms with Crippen molar-refractivity contribution in [3.8, 4) is 0 Å². The van der Waals surface area contributed by atoms with Gasteiger partial charge in [0.1, 0.15) is 5.76 Å². The highest BCUT2D eigenvalue weighted by atomic mass is 16.3. The third kappa shape index (κ3) is 1.21. The fourth-order valence-corrected chi connectivity index (χ4v) is 3.64. The van der Waals surface area contributed by atoms with Gasteiger partial charge in [-0.15, -0.1) is 0 Å². The summed E-state index contributed by atoms with van der Waals surface area (Å²) in [6.07, 6.45) is 8.21. The summed E-state index contributed by atoms with van der Waals surface area (Å²) in [5.41, 5.74) is 1.72. The first-order valence-electron chi connectivity index (χ1n) is 6.18. The van der Waals surface area contributed by atoms with Crippen molar-refractivity contribution in [2.45, 2.75) is 44.6 Å². The first kappa shape index (κ1) is 9.46. The van der Waals surface area contributed by atoms with E-state index in [1.807, 2.05) is 6.26 Å². The zero-order chi connectivity index (χ0) is 10.3. The monoisotopic (exact) mass is 205 g/mol. The minimum Gasteiger partial charge on any atom is -0.469 e. The van der Waals surface area contributed by atoms with Gasteiger partial charge in [-0.3, -0.25) is 0 Å². The molecular weight excluding hydrogens is 186 g/mol. The van der Waals surface area contributed by atoms with E-state index in [9.17, 15) is 0 Å². The molecule has 1 spiro atoms. The van der Waals surface area contributed by atoms with Gasteiger partial charge < -0.3 is 9.73 Å². The van der Waals surface area contributed by atoms with Crippen LogP contribution in [-0.4, -0.2) is 6.54 Å². The number of nitrogens with one attached hydrogen (secondary N) is 1. The maximum Gasteiger partial charge on any atom is 0.110 e. The summed E-state index contributed by atoms with van der Waals surface area (Å²) >= 11 is 0. The van der Waals surface area contributed by atoms with Gasteiger partial charge in [-0.1, -0.05) is 19.8 Å². The Kier molecular flexibility index (Phi) is 2.13. The molecule has 3 rings (SSSR count). The van der Waals surface area contributed by atoms with E-state index in [1.165, 1.54) is 37.0 Å². The van der Waals surface area contributed by atoms with E-state index >= 15 is 0 Å². The SMILES string of the molecule is CCC1CCCC12NCCc1occc12. The Hall–Kier alpha value is -0.760. The number of hydrogen-bond donors (Lipinski definition) is 1. The molecule has 1 N–H and O–H groups in total. The highest BCUT2D eigenvalue weighted by Crippen LogP contribution is 2.47. The second-order valence-electron chi connectivity index (χ2n) is 4.90. The summed E-state index contributed by atoms with van der Waals surface area (Å²) in [7, 11) is 0. The molecule has 2 nitrogen and oxygen atoms in total. The second-order valence-corrected chi connectivity index (χ2v) is 4.90. The van der Waals surface area contributed by atoms with E-state index < -0.39 is 0 Å².